The molecule has 2 atom stereocenters. The lowest BCUT2D eigenvalue weighted by Crippen LogP contribution is -2.57. The number of nitrogens with one attached hydrogen (secondary N) is 1. The number of piperazine rings is 1. The van der Waals surface area contributed by atoms with E-state index in [0.717, 1.165) is 51.5 Å². The zero-order valence-corrected chi connectivity index (χ0v) is 17.4. The summed E-state index contributed by atoms with van der Waals surface area (Å²) in [5, 5.41) is 3.22. The normalized spacial score (nSPS) is 30.0. The number of urea groups is 1. The Kier molecular flexibility index (Phi) is 6.76. The van der Waals surface area contributed by atoms with Crippen LogP contribution in [0.15, 0.2) is 0 Å². The minimum Gasteiger partial charge on any atom is -0.338 e. The van der Waals surface area contributed by atoms with E-state index >= 15 is 0 Å². The Bertz CT molecular complexity index is 539. The second kappa shape index (κ2) is 9.47. The lowest BCUT2D eigenvalue weighted by molar-refractivity contribution is -0.139. The molecule has 28 heavy (non-hydrogen) atoms. The molecular weight excluding hydrogens is 352 g/mol. The van der Waals surface area contributed by atoms with Crippen LogP contribution in [0.1, 0.15) is 70.6 Å². The van der Waals surface area contributed by atoms with Crippen molar-refractivity contribution in [3.8, 4) is 0 Å². The van der Waals surface area contributed by atoms with Gasteiger partial charge in [-0.05, 0) is 44.4 Å². The molecule has 158 valence electrons. The summed E-state index contributed by atoms with van der Waals surface area (Å²) in [5.74, 6) is 1.06. The van der Waals surface area contributed by atoms with Crippen molar-refractivity contribution >= 4 is 11.9 Å². The number of piperidine rings is 1. The highest BCUT2D eigenvalue weighted by molar-refractivity contribution is 5.79. The van der Waals surface area contributed by atoms with E-state index < -0.39 is 0 Å². The molecule has 0 bridgehead atoms. The zero-order valence-electron chi connectivity index (χ0n) is 17.4. The summed E-state index contributed by atoms with van der Waals surface area (Å²) in [4.78, 5) is 31.9. The van der Waals surface area contributed by atoms with Crippen LogP contribution < -0.4 is 5.32 Å². The van der Waals surface area contributed by atoms with Crippen molar-refractivity contribution in [1.82, 2.24) is 20.0 Å². The maximum Gasteiger partial charge on any atom is 0.317 e. The van der Waals surface area contributed by atoms with Crippen LogP contribution in [0, 0.1) is 5.92 Å². The third kappa shape index (κ3) is 4.81. The number of hydrogen-bond donors (Lipinski definition) is 1. The molecule has 2 aliphatic carbocycles. The van der Waals surface area contributed by atoms with Crippen molar-refractivity contribution in [2.24, 2.45) is 5.92 Å². The molecule has 0 radical (unpaired) electrons. The van der Waals surface area contributed by atoms with Crippen LogP contribution in [0.5, 0.6) is 0 Å². The lowest BCUT2D eigenvalue weighted by Gasteiger charge is -2.45. The van der Waals surface area contributed by atoms with Gasteiger partial charge < -0.3 is 15.1 Å². The van der Waals surface area contributed by atoms with E-state index in [1.807, 2.05) is 4.90 Å². The van der Waals surface area contributed by atoms with Crippen molar-refractivity contribution < 1.29 is 9.59 Å². The minimum absolute atomic E-state index is 0.0963. The molecule has 2 unspecified atom stereocenters. The van der Waals surface area contributed by atoms with E-state index in [-0.39, 0.29) is 6.03 Å². The Hall–Kier alpha value is -1.30. The van der Waals surface area contributed by atoms with Crippen LogP contribution in [0.2, 0.25) is 0 Å². The van der Waals surface area contributed by atoms with Gasteiger partial charge in [0.15, 0.2) is 0 Å². The summed E-state index contributed by atoms with van der Waals surface area (Å²) in [6, 6.07) is 0.958. The van der Waals surface area contributed by atoms with Gasteiger partial charge in [0.25, 0.3) is 0 Å². The molecule has 0 aromatic carbocycles. The summed E-state index contributed by atoms with van der Waals surface area (Å²) in [7, 11) is 0. The number of rotatable bonds is 3. The van der Waals surface area contributed by atoms with Crippen LogP contribution in [0.25, 0.3) is 0 Å². The Balaban J connectivity index is 1.21. The minimum atomic E-state index is 0.0963. The van der Waals surface area contributed by atoms with E-state index in [1.165, 1.54) is 57.8 Å². The number of hydrogen-bond acceptors (Lipinski definition) is 3. The standard InChI is InChI=1S/C22H38N4O2/c27-21(26-12-6-8-18-7-4-5-11-20(18)26)17-24-13-15-25(16-14-24)22(28)23-19-9-2-1-3-10-19/h18-20H,1-17H2,(H,23,28). The highest BCUT2D eigenvalue weighted by atomic mass is 16.2. The first-order chi connectivity index (χ1) is 13.7. The van der Waals surface area contributed by atoms with Gasteiger partial charge in [0.1, 0.15) is 0 Å². The summed E-state index contributed by atoms with van der Waals surface area (Å²) in [6.45, 7) is 4.57. The van der Waals surface area contributed by atoms with Gasteiger partial charge in [0.05, 0.1) is 6.54 Å². The number of fused-ring (bicyclic) bond motifs is 1. The SMILES string of the molecule is O=C(NC1CCCCC1)N1CCN(CC(=O)N2CCCC3CCCCC32)CC1. The quantitative estimate of drug-likeness (QED) is 0.806. The number of carbonyl (C=O) groups is 2. The molecule has 4 rings (SSSR count). The molecule has 6 nitrogen and oxygen atoms in total. The second-order valence-electron chi connectivity index (χ2n) is 9.39. The molecule has 2 heterocycles. The second-order valence-corrected chi connectivity index (χ2v) is 9.39. The molecule has 3 amide bonds. The fraction of sp³-hybridized carbons (Fsp3) is 0.909. The first-order valence-electron chi connectivity index (χ1n) is 11.8. The van der Waals surface area contributed by atoms with Gasteiger partial charge in [0.2, 0.25) is 5.91 Å². The van der Waals surface area contributed by atoms with Crippen LogP contribution in [0.4, 0.5) is 4.79 Å². The largest absolute Gasteiger partial charge is 0.338 e. The van der Waals surface area contributed by atoms with Gasteiger partial charge in [-0.2, -0.15) is 0 Å². The molecule has 2 aliphatic heterocycles. The smallest absolute Gasteiger partial charge is 0.317 e. The van der Waals surface area contributed by atoms with Crippen molar-refractivity contribution in [2.45, 2.75) is 82.7 Å². The van der Waals surface area contributed by atoms with E-state index in [9.17, 15) is 9.59 Å². The average Bonchev–Trinajstić information content (AvgIpc) is 2.74. The molecular formula is C22H38N4O2. The van der Waals surface area contributed by atoms with Crippen molar-refractivity contribution in [3.63, 3.8) is 0 Å². The molecule has 2 saturated heterocycles. The number of amides is 3. The number of likely N-dealkylation sites (tertiary alicyclic amines) is 1. The monoisotopic (exact) mass is 390 g/mol. The molecule has 0 aromatic rings. The van der Waals surface area contributed by atoms with E-state index in [4.69, 9.17) is 0 Å². The third-order valence-corrected chi connectivity index (χ3v) is 7.51. The van der Waals surface area contributed by atoms with Crippen LogP contribution in [-0.2, 0) is 4.79 Å². The van der Waals surface area contributed by atoms with Crippen LogP contribution in [-0.4, -0.2) is 78.0 Å². The summed E-state index contributed by atoms with van der Waals surface area (Å²) < 4.78 is 0. The highest BCUT2D eigenvalue weighted by Gasteiger charge is 2.36. The zero-order chi connectivity index (χ0) is 19.3. The number of carbonyl (C=O) groups excluding carboxylic acids is 2. The summed E-state index contributed by atoms with van der Waals surface area (Å²) in [6.07, 6.45) is 13.6. The topological polar surface area (TPSA) is 55.9 Å². The first kappa shape index (κ1) is 20.0. The Morgan fingerprint density at radius 3 is 2.21 bits per heavy atom. The van der Waals surface area contributed by atoms with E-state index in [0.29, 0.717) is 24.5 Å². The average molecular weight is 391 g/mol. The Morgan fingerprint density at radius 1 is 0.750 bits per heavy atom. The van der Waals surface area contributed by atoms with Crippen LogP contribution >= 0.6 is 0 Å². The van der Waals surface area contributed by atoms with Gasteiger partial charge in [-0.15, -0.1) is 0 Å². The molecule has 4 fully saturated rings. The fourth-order valence-corrected chi connectivity index (χ4v) is 5.84. The van der Waals surface area contributed by atoms with Gasteiger partial charge >= 0.3 is 6.03 Å². The van der Waals surface area contributed by atoms with Gasteiger partial charge in [-0.3, -0.25) is 9.69 Å². The van der Waals surface area contributed by atoms with Gasteiger partial charge in [-0.25, -0.2) is 4.79 Å². The van der Waals surface area contributed by atoms with Crippen molar-refractivity contribution in [1.29, 1.82) is 0 Å². The summed E-state index contributed by atoms with van der Waals surface area (Å²) >= 11 is 0. The molecule has 0 aromatic heterocycles. The van der Waals surface area contributed by atoms with Gasteiger partial charge in [0, 0.05) is 44.8 Å². The number of nitrogens with zero attached hydrogens (tertiary/aromatic N) is 3. The Labute approximate surface area is 170 Å². The predicted octanol–water partition coefficient (Wildman–Crippen LogP) is 2.83. The lowest BCUT2D eigenvalue weighted by atomic mass is 9.78. The highest BCUT2D eigenvalue weighted by Crippen LogP contribution is 2.35. The van der Waals surface area contributed by atoms with Gasteiger partial charge in [-0.1, -0.05) is 32.1 Å². The Morgan fingerprint density at radius 2 is 1.43 bits per heavy atom. The van der Waals surface area contributed by atoms with Crippen molar-refractivity contribution in [3.05, 3.63) is 0 Å². The van der Waals surface area contributed by atoms with Crippen LogP contribution in [0.3, 0.4) is 0 Å². The summed E-state index contributed by atoms with van der Waals surface area (Å²) in [5.41, 5.74) is 0. The molecule has 0 spiro atoms. The molecule has 2 saturated carbocycles. The molecule has 1 N–H and O–H groups in total. The fourth-order valence-electron chi connectivity index (χ4n) is 5.84. The van der Waals surface area contributed by atoms with E-state index in [1.54, 1.807) is 0 Å². The third-order valence-electron chi connectivity index (χ3n) is 7.51. The van der Waals surface area contributed by atoms with E-state index in [2.05, 4.69) is 15.1 Å². The van der Waals surface area contributed by atoms with Crippen molar-refractivity contribution in [2.75, 3.05) is 39.3 Å². The maximum atomic E-state index is 13.0. The molecule has 4 aliphatic rings. The molecule has 6 heteroatoms. The first-order valence-corrected chi connectivity index (χ1v) is 11.8. The maximum absolute atomic E-state index is 13.0. The predicted molar refractivity (Wildman–Crippen MR) is 110 cm³/mol.